The molecule has 106 valence electrons. The van der Waals surface area contributed by atoms with Gasteiger partial charge in [0.2, 0.25) is 5.91 Å². The number of rotatable bonds is 5. The summed E-state index contributed by atoms with van der Waals surface area (Å²) in [5.41, 5.74) is 0.727. The van der Waals surface area contributed by atoms with Crippen molar-refractivity contribution >= 4 is 5.91 Å². The Kier molecular flexibility index (Phi) is 5.36. The topological polar surface area (TPSA) is 47.6 Å². The SMILES string of the molecule is COc1ccc([C@H](C)NC(=O)COC(C)(C)C)cc1. The van der Waals surface area contributed by atoms with Crippen molar-refractivity contribution in [1.29, 1.82) is 0 Å². The van der Waals surface area contributed by atoms with Crippen molar-refractivity contribution in [2.75, 3.05) is 13.7 Å². The van der Waals surface area contributed by atoms with Gasteiger partial charge >= 0.3 is 0 Å². The third-order valence-corrected chi connectivity index (χ3v) is 2.63. The first-order chi connectivity index (χ1) is 8.81. The van der Waals surface area contributed by atoms with Gasteiger partial charge < -0.3 is 14.8 Å². The fourth-order valence-electron chi connectivity index (χ4n) is 1.54. The number of hydrogen-bond acceptors (Lipinski definition) is 3. The minimum Gasteiger partial charge on any atom is -0.497 e. The largest absolute Gasteiger partial charge is 0.497 e. The van der Waals surface area contributed by atoms with Crippen molar-refractivity contribution in [1.82, 2.24) is 5.32 Å². The quantitative estimate of drug-likeness (QED) is 0.890. The van der Waals surface area contributed by atoms with E-state index in [-0.39, 0.29) is 24.2 Å². The molecule has 1 aromatic rings. The Morgan fingerprint density at radius 3 is 2.32 bits per heavy atom. The molecule has 0 radical (unpaired) electrons. The zero-order valence-electron chi connectivity index (χ0n) is 12.3. The average Bonchev–Trinajstić information content (AvgIpc) is 2.35. The molecule has 0 unspecified atom stereocenters. The van der Waals surface area contributed by atoms with E-state index in [4.69, 9.17) is 9.47 Å². The van der Waals surface area contributed by atoms with Gasteiger partial charge in [0.05, 0.1) is 18.8 Å². The molecular weight excluding hydrogens is 242 g/mol. The highest BCUT2D eigenvalue weighted by Crippen LogP contribution is 2.17. The lowest BCUT2D eigenvalue weighted by Gasteiger charge is -2.20. The van der Waals surface area contributed by atoms with Gasteiger partial charge in [-0.3, -0.25) is 4.79 Å². The van der Waals surface area contributed by atoms with E-state index in [1.54, 1.807) is 7.11 Å². The first-order valence-corrected chi connectivity index (χ1v) is 6.39. The number of carbonyl (C=O) groups excluding carboxylic acids is 1. The maximum absolute atomic E-state index is 11.7. The number of benzene rings is 1. The summed E-state index contributed by atoms with van der Waals surface area (Å²) >= 11 is 0. The van der Waals surface area contributed by atoms with Gasteiger partial charge in [-0.05, 0) is 45.4 Å². The lowest BCUT2D eigenvalue weighted by atomic mass is 10.1. The molecule has 0 saturated carbocycles. The van der Waals surface area contributed by atoms with Crippen LogP contribution in [0.1, 0.15) is 39.3 Å². The zero-order chi connectivity index (χ0) is 14.5. The van der Waals surface area contributed by atoms with Crippen LogP contribution in [0.25, 0.3) is 0 Å². The summed E-state index contributed by atoms with van der Waals surface area (Å²) in [6.07, 6.45) is 0. The number of carbonyl (C=O) groups is 1. The molecule has 1 atom stereocenters. The summed E-state index contributed by atoms with van der Waals surface area (Å²) in [5, 5.41) is 2.90. The molecule has 0 aliphatic heterocycles. The van der Waals surface area contributed by atoms with E-state index in [1.807, 2.05) is 52.0 Å². The average molecular weight is 265 g/mol. The van der Waals surface area contributed by atoms with Crippen molar-refractivity contribution in [3.8, 4) is 5.75 Å². The molecule has 0 bridgehead atoms. The molecule has 0 aromatic heterocycles. The standard InChI is InChI=1S/C15H23NO3/c1-11(12-6-8-13(18-5)9-7-12)16-14(17)10-19-15(2,3)4/h6-9,11H,10H2,1-5H3,(H,16,17)/t11-/m0/s1. The molecule has 0 spiro atoms. The molecule has 1 rings (SSSR count). The van der Waals surface area contributed by atoms with Crippen LogP contribution in [0.15, 0.2) is 24.3 Å². The fraction of sp³-hybridized carbons (Fsp3) is 0.533. The van der Waals surface area contributed by atoms with Crippen LogP contribution in [0.4, 0.5) is 0 Å². The Hall–Kier alpha value is -1.55. The Morgan fingerprint density at radius 2 is 1.84 bits per heavy atom. The Balaban J connectivity index is 2.49. The van der Waals surface area contributed by atoms with Crippen LogP contribution >= 0.6 is 0 Å². The van der Waals surface area contributed by atoms with Crippen molar-refractivity contribution in [3.05, 3.63) is 29.8 Å². The van der Waals surface area contributed by atoms with Gasteiger partial charge in [0.15, 0.2) is 0 Å². The first-order valence-electron chi connectivity index (χ1n) is 6.39. The lowest BCUT2D eigenvalue weighted by Crippen LogP contribution is -2.33. The molecule has 0 saturated heterocycles. The number of nitrogens with one attached hydrogen (secondary N) is 1. The molecule has 19 heavy (non-hydrogen) atoms. The third-order valence-electron chi connectivity index (χ3n) is 2.63. The predicted octanol–water partition coefficient (Wildman–Crippen LogP) is 2.69. The third kappa shape index (κ3) is 5.75. The van der Waals surface area contributed by atoms with Crippen molar-refractivity contribution in [3.63, 3.8) is 0 Å². The van der Waals surface area contributed by atoms with Crippen molar-refractivity contribution < 1.29 is 14.3 Å². The highest BCUT2D eigenvalue weighted by Gasteiger charge is 2.14. The molecule has 4 heteroatoms. The molecule has 0 heterocycles. The van der Waals surface area contributed by atoms with Gasteiger partial charge in [0.1, 0.15) is 12.4 Å². The smallest absolute Gasteiger partial charge is 0.246 e. The molecule has 1 amide bonds. The predicted molar refractivity (Wildman–Crippen MR) is 75.3 cm³/mol. The van der Waals surface area contributed by atoms with Crippen molar-refractivity contribution in [2.45, 2.75) is 39.3 Å². The van der Waals surface area contributed by atoms with Gasteiger partial charge in [-0.25, -0.2) is 0 Å². The number of methoxy groups -OCH3 is 1. The first kappa shape index (κ1) is 15.5. The molecule has 1 N–H and O–H groups in total. The van der Waals surface area contributed by atoms with E-state index in [9.17, 15) is 4.79 Å². The van der Waals surface area contributed by atoms with E-state index in [2.05, 4.69) is 5.32 Å². The van der Waals surface area contributed by atoms with Crippen LogP contribution in [0.5, 0.6) is 5.75 Å². The summed E-state index contributed by atoms with van der Waals surface area (Å²) in [6, 6.07) is 7.58. The summed E-state index contributed by atoms with van der Waals surface area (Å²) in [6.45, 7) is 7.79. The Bertz CT molecular complexity index is 406. The van der Waals surface area contributed by atoms with E-state index >= 15 is 0 Å². The summed E-state index contributed by atoms with van der Waals surface area (Å²) < 4.78 is 10.5. The molecular formula is C15H23NO3. The highest BCUT2D eigenvalue weighted by atomic mass is 16.5. The monoisotopic (exact) mass is 265 g/mol. The van der Waals surface area contributed by atoms with E-state index in [0.29, 0.717) is 0 Å². The fourth-order valence-corrected chi connectivity index (χ4v) is 1.54. The van der Waals surface area contributed by atoms with Gasteiger partial charge in [0.25, 0.3) is 0 Å². The van der Waals surface area contributed by atoms with Gasteiger partial charge in [-0.2, -0.15) is 0 Å². The van der Waals surface area contributed by atoms with Crippen LogP contribution in [-0.4, -0.2) is 25.2 Å². The second-order valence-electron chi connectivity index (χ2n) is 5.46. The number of ether oxygens (including phenoxy) is 2. The Morgan fingerprint density at radius 1 is 1.26 bits per heavy atom. The number of hydrogen-bond donors (Lipinski definition) is 1. The molecule has 0 fully saturated rings. The highest BCUT2D eigenvalue weighted by molar-refractivity contribution is 5.77. The number of amides is 1. The van der Waals surface area contributed by atoms with Crippen LogP contribution in [0.3, 0.4) is 0 Å². The normalized spacial score (nSPS) is 12.9. The summed E-state index contributed by atoms with van der Waals surface area (Å²) in [5.74, 6) is 0.691. The van der Waals surface area contributed by atoms with Gasteiger partial charge in [0, 0.05) is 0 Å². The zero-order valence-corrected chi connectivity index (χ0v) is 12.3. The van der Waals surface area contributed by atoms with Crippen LogP contribution in [0, 0.1) is 0 Å². The second kappa shape index (κ2) is 6.57. The van der Waals surface area contributed by atoms with Crippen LogP contribution in [-0.2, 0) is 9.53 Å². The second-order valence-corrected chi connectivity index (χ2v) is 5.46. The molecule has 1 aromatic carbocycles. The summed E-state index contributed by atoms with van der Waals surface area (Å²) in [4.78, 5) is 11.7. The van der Waals surface area contributed by atoms with E-state index in [0.717, 1.165) is 11.3 Å². The molecule has 4 nitrogen and oxygen atoms in total. The minimum atomic E-state index is -0.305. The van der Waals surface area contributed by atoms with E-state index < -0.39 is 0 Å². The summed E-state index contributed by atoms with van der Waals surface area (Å²) in [7, 11) is 1.63. The van der Waals surface area contributed by atoms with Crippen LogP contribution < -0.4 is 10.1 Å². The minimum absolute atomic E-state index is 0.0537. The van der Waals surface area contributed by atoms with Crippen LogP contribution in [0.2, 0.25) is 0 Å². The maximum Gasteiger partial charge on any atom is 0.246 e. The van der Waals surface area contributed by atoms with Gasteiger partial charge in [-0.15, -0.1) is 0 Å². The van der Waals surface area contributed by atoms with Gasteiger partial charge in [-0.1, -0.05) is 12.1 Å². The Labute approximate surface area is 115 Å². The maximum atomic E-state index is 11.7. The van der Waals surface area contributed by atoms with Crippen molar-refractivity contribution in [2.24, 2.45) is 0 Å². The molecule has 0 aliphatic rings. The van der Waals surface area contributed by atoms with E-state index in [1.165, 1.54) is 0 Å². The molecule has 0 aliphatic carbocycles. The lowest BCUT2D eigenvalue weighted by molar-refractivity contribution is -0.131.